The van der Waals surface area contributed by atoms with E-state index in [2.05, 4.69) is 26.5 Å². The van der Waals surface area contributed by atoms with Crippen molar-refractivity contribution in [3.8, 4) is 0 Å². The zero-order valence-electron chi connectivity index (χ0n) is 7.94. The number of aryl methyl sites for hydroxylation is 1. The quantitative estimate of drug-likeness (QED) is 0.630. The van der Waals surface area contributed by atoms with Gasteiger partial charge in [-0.15, -0.1) is 0 Å². The predicted molar refractivity (Wildman–Crippen MR) is 55.2 cm³/mol. The van der Waals surface area contributed by atoms with Crippen LogP contribution in [0, 0.1) is 20.8 Å². The second-order valence-electron chi connectivity index (χ2n) is 3.15. The van der Waals surface area contributed by atoms with E-state index in [1.54, 1.807) is 6.08 Å². The van der Waals surface area contributed by atoms with Crippen LogP contribution in [0.4, 0.5) is 5.69 Å². The maximum Gasteiger partial charge on any atom is 0.0420 e. The van der Waals surface area contributed by atoms with Crippen molar-refractivity contribution in [2.75, 3.05) is 5.73 Å². The molecule has 0 bridgehead atoms. The van der Waals surface area contributed by atoms with E-state index >= 15 is 0 Å². The predicted octanol–water partition coefficient (Wildman–Crippen LogP) is 2.84. The third-order valence-electron chi connectivity index (χ3n) is 2.46. The Kier molecular flexibility index (Phi) is 2.22. The highest BCUT2D eigenvalue weighted by Crippen LogP contribution is 2.24. The van der Waals surface area contributed by atoms with Gasteiger partial charge >= 0.3 is 0 Å². The Morgan fingerprint density at radius 2 is 1.83 bits per heavy atom. The molecular formula is C11H15N. The smallest absolute Gasteiger partial charge is 0.0420 e. The lowest BCUT2D eigenvalue weighted by molar-refractivity contribution is 1.26. The molecule has 0 saturated heterocycles. The fraction of sp³-hybridized carbons (Fsp3) is 0.273. The molecular weight excluding hydrogens is 146 g/mol. The Balaban J connectivity index is 3.49. The second-order valence-corrected chi connectivity index (χ2v) is 3.15. The van der Waals surface area contributed by atoms with Crippen LogP contribution < -0.4 is 5.73 Å². The first-order valence-electron chi connectivity index (χ1n) is 4.06. The molecule has 1 nitrogen and oxygen atoms in total. The van der Waals surface area contributed by atoms with Crippen LogP contribution in [0.2, 0.25) is 0 Å². The summed E-state index contributed by atoms with van der Waals surface area (Å²) in [7, 11) is 0. The van der Waals surface area contributed by atoms with E-state index in [0.29, 0.717) is 0 Å². The monoisotopic (exact) mass is 161 g/mol. The third-order valence-corrected chi connectivity index (χ3v) is 2.46. The van der Waals surface area contributed by atoms with E-state index in [1.165, 1.54) is 16.7 Å². The SMILES string of the molecule is C=Cc1cc(C)c(C)c(C)c1N. The number of benzene rings is 1. The van der Waals surface area contributed by atoms with Crippen molar-refractivity contribution in [1.29, 1.82) is 0 Å². The van der Waals surface area contributed by atoms with Gasteiger partial charge in [-0.2, -0.15) is 0 Å². The summed E-state index contributed by atoms with van der Waals surface area (Å²) in [6.07, 6.45) is 1.80. The maximum atomic E-state index is 5.89. The number of nitrogens with two attached hydrogens (primary N) is 1. The first-order chi connectivity index (χ1) is 5.57. The molecule has 0 aliphatic heterocycles. The zero-order chi connectivity index (χ0) is 9.30. The van der Waals surface area contributed by atoms with Crippen LogP contribution in [0.25, 0.3) is 6.08 Å². The summed E-state index contributed by atoms with van der Waals surface area (Å²) in [5, 5.41) is 0. The van der Waals surface area contributed by atoms with Crippen LogP contribution in [-0.2, 0) is 0 Å². The molecule has 0 aliphatic carbocycles. The molecule has 2 N–H and O–H groups in total. The molecule has 1 rings (SSSR count). The highest BCUT2D eigenvalue weighted by atomic mass is 14.6. The van der Waals surface area contributed by atoms with Crippen LogP contribution in [0.5, 0.6) is 0 Å². The molecule has 0 heterocycles. The van der Waals surface area contributed by atoms with Gasteiger partial charge in [-0.1, -0.05) is 12.7 Å². The average molecular weight is 161 g/mol. The van der Waals surface area contributed by atoms with Gasteiger partial charge in [0.1, 0.15) is 0 Å². The molecule has 64 valence electrons. The molecule has 1 aromatic carbocycles. The summed E-state index contributed by atoms with van der Waals surface area (Å²) in [5.74, 6) is 0. The van der Waals surface area contributed by atoms with Gasteiger partial charge in [-0.3, -0.25) is 0 Å². The van der Waals surface area contributed by atoms with Crippen molar-refractivity contribution in [2.45, 2.75) is 20.8 Å². The van der Waals surface area contributed by atoms with Crippen molar-refractivity contribution in [3.05, 3.63) is 34.9 Å². The molecule has 0 unspecified atom stereocenters. The van der Waals surface area contributed by atoms with Crippen molar-refractivity contribution in [1.82, 2.24) is 0 Å². The summed E-state index contributed by atoms with van der Waals surface area (Å²) in [5.41, 5.74) is 11.5. The van der Waals surface area contributed by atoms with Gasteiger partial charge in [0.05, 0.1) is 0 Å². The standard InChI is InChI=1S/C11H15N/c1-5-10-6-7(2)8(3)9(4)11(10)12/h5-6H,1,12H2,2-4H3. The molecule has 0 aliphatic rings. The van der Waals surface area contributed by atoms with Gasteiger partial charge in [0.15, 0.2) is 0 Å². The van der Waals surface area contributed by atoms with Gasteiger partial charge in [-0.05, 0) is 49.1 Å². The summed E-state index contributed by atoms with van der Waals surface area (Å²) < 4.78 is 0. The van der Waals surface area contributed by atoms with Crippen LogP contribution in [0.1, 0.15) is 22.3 Å². The normalized spacial score (nSPS) is 9.92. The highest BCUT2D eigenvalue weighted by Gasteiger charge is 2.04. The minimum atomic E-state index is 0.855. The van der Waals surface area contributed by atoms with Crippen molar-refractivity contribution >= 4 is 11.8 Å². The minimum Gasteiger partial charge on any atom is -0.398 e. The van der Waals surface area contributed by atoms with Gasteiger partial charge in [0, 0.05) is 5.69 Å². The van der Waals surface area contributed by atoms with E-state index in [0.717, 1.165) is 11.3 Å². The lowest BCUT2D eigenvalue weighted by Crippen LogP contribution is -1.97. The van der Waals surface area contributed by atoms with E-state index in [1.807, 2.05) is 6.92 Å². The van der Waals surface area contributed by atoms with Crippen molar-refractivity contribution in [3.63, 3.8) is 0 Å². The third kappa shape index (κ3) is 1.22. The van der Waals surface area contributed by atoms with Gasteiger partial charge in [0.25, 0.3) is 0 Å². The highest BCUT2D eigenvalue weighted by molar-refractivity contribution is 5.69. The lowest BCUT2D eigenvalue weighted by atomic mass is 9.98. The average Bonchev–Trinajstić information content (AvgIpc) is 2.08. The van der Waals surface area contributed by atoms with Crippen molar-refractivity contribution < 1.29 is 0 Å². The molecule has 0 aromatic heterocycles. The molecule has 1 heteroatoms. The summed E-state index contributed by atoms with van der Waals surface area (Å²) in [6, 6.07) is 2.07. The molecule has 0 spiro atoms. The Morgan fingerprint density at radius 1 is 1.25 bits per heavy atom. The molecule has 0 radical (unpaired) electrons. The number of rotatable bonds is 1. The lowest BCUT2D eigenvalue weighted by Gasteiger charge is -2.10. The largest absolute Gasteiger partial charge is 0.398 e. The second kappa shape index (κ2) is 3.02. The Hall–Kier alpha value is -1.24. The topological polar surface area (TPSA) is 26.0 Å². The van der Waals surface area contributed by atoms with Crippen molar-refractivity contribution in [2.24, 2.45) is 0 Å². The molecule has 0 atom stereocenters. The van der Waals surface area contributed by atoms with E-state index < -0.39 is 0 Å². The number of hydrogen-bond acceptors (Lipinski definition) is 1. The molecule has 0 saturated carbocycles. The Morgan fingerprint density at radius 3 is 2.33 bits per heavy atom. The molecule has 0 amide bonds. The van der Waals surface area contributed by atoms with Crippen LogP contribution in [0.3, 0.4) is 0 Å². The zero-order valence-corrected chi connectivity index (χ0v) is 7.94. The first kappa shape index (κ1) is 8.85. The van der Waals surface area contributed by atoms with E-state index in [9.17, 15) is 0 Å². The van der Waals surface area contributed by atoms with Gasteiger partial charge in [-0.25, -0.2) is 0 Å². The van der Waals surface area contributed by atoms with Crippen LogP contribution in [0.15, 0.2) is 12.6 Å². The first-order valence-corrected chi connectivity index (χ1v) is 4.06. The summed E-state index contributed by atoms with van der Waals surface area (Å²) >= 11 is 0. The summed E-state index contributed by atoms with van der Waals surface area (Å²) in [6.45, 7) is 9.95. The van der Waals surface area contributed by atoms with Crippen LogP contribution >= 0.6 is 0 Å². The molecule has 1 aromatic rings. The number of nitrogen functional groups attached to an aromatic ring is 1. The Bertz CT molecular complexity index is 324. The number of anilines is 1. The minimum absolute atomic E-state index is 0.855. The molecule has 12 heavy (non-hydrogen) atoms. The van der Waals surface area contributed by atoms with E-state index in [-0.39, 0.29) is 0 Å². The van der Waals surface area contributed by atoms with E-state index in [4.69, 9.17) is 5.73 Å². The summed E-state index contributed by atoms with van der Waals surface area (Å²) in [4.78, 5) is 0. The fourth-order valence-corrected chi connectivity index (χ4v) is 1.30. The fourth-order valence-electron chi connectivity index (χ4n) is 1.30. The molecule has 0 fully saturated rings. The van der Waals surface area contributed by atoms with Crippen LogP contribution in [-0.4, -0.2) is 0 Å². The van der Waals surface area contributed by atoms with Gasteiger partial charge in [0.2, 0.25) is 0 Å². The number of hydrogen-bond donors (Lipinski definition) is 1. The maximum absolute atomic E-state index is 5.89. The van der Waals surface area contributed by atoms with Gasteiger partial charge < -0.3 is 5.73 Å². The Labute approximate surface area is 73.9 Å².